The summed E-state index contributed by atoms with van der Waals surface area (Å²) in [7, 11) is 1.44. The molecular formula is C27H39NO5. The van der Waals surface area contributed by atoms with Crippen LogP contribution in [-0.4, -0.2) is 36.4 Å². The molecule has 182 valence electrons. The van der Waals surface area contributed by atoms with Crippen LogP contribution < -0.4 is 5.32 Å². The lowest BCUT2D eigenvalue weighted by molar-refractivity contribution is -0.209. The van der Waals surface area contributed by atoms with Crippen molar-refractivity contribution in [3.63, 3.8) is 0 Å². The quantitative estimate of drug-likeness (QED) is 0.349. The Morgan fingerprint density at radius 3 is 2.45 bits per heavy atom. The number of alkyl carbamates (subject to hydrolysis) is 1. The lowest BCUT2D eigenvalue weighted by Gasteiger charge is -2.61. The number of esters is 1. The van der Waals surface area contributed by atoms with Crippen molar-refractivity contribution in [1.82, 2.24) is 5.32 Å². The van der Waals surface area contributed by atoms with E-state index in [1.165, 1.54) is 20.0 Å². The number of benzene rings is 1. The second kappa shape index (κ2) is 10.5. The van der Waals surface area contributed by atoms with Crippen molar-refractivity contribution in [3.05, 3.63) is 35.9 Å². The Morgan fingerprint density at radius 1 is 1.06 bits per heavy atom. The summed E-state index contributed by atoms with van der Waals surface area (Å²) in [5, 5.41) is 3.24. The first-order chi connectivity index (χ1) is 15.9. The van der Waals surface area contributed by atoms with Crippen LogP contribution in [-0.2, 0) is 25.6 Å². The topological polar surface area (TPSA) is 73.9 Å². The Morgan fingerprint density at radius 2 is 1.79 bits per heavy atom. The number of ether oxygens (including phenoxy) is 3. The van der Waals surface area contributed by atoms with Gasteiger partial charge in [0, 0.05) is 5.54 Å². The first kappa shape index (κ1) is 24.1. The number of carbonyl (C=O) groups excluding carboxylic acids is 2. The molecule has 4 bridgehead atoms. The molecule has 3 atom stereocenters. The molecule has 1 aromatic carbocycles. The van der Waals surface area contributed by atoms with Gasteiger partial charge in [-0.2, -0.15) is 0 Å². The molecule has 0 heterocycles. The van der Waals surface area contributed by atoms with Crippen LogP contribution in [0.1, 0.15) is 83.1 Å². The predicted molar refractivity (Wildman–Crippen MR) is 126 cm³/mol. The molecule has 6 heteroatoms. The molecule has 0 aromatic heterocycles. The van der Waals surface area contributed by atoms with Crippen molar-refractivity contribution in [2.45, 2.75) is 101 Å². The highest BCUT2D eigenvalue weighted by Crippen LogP contribution is 2.59. The second-order valence-electron chi connectivity index (χ2n) is 10.6. The zero-order valence-corrected chi connectivity index (χ0v) is 20.1. The van der Waals surface area contributed by atoms with Crippen LogP contribution in [0.2, 0.25) is 0 Å². The predicted octanol–water partition coefficient (Wildman–Crippen LogP) is 5.53. The third-order valence-electron chi connectivity index (χ3n) is 7.76. The van der Waals surface area contributed by atoms with Crippen molar-refractivity contribution in [2.75, 3.05) is 7.11 Å². The summed E-state index contributed by atoms with van der Waals surface area (Å²) < 4.78 is 17.3. The minimum absolute atomic E-state index is 0.263. The molecule has 1 aromatic rings. The van der Waals surface area contributed by atoms with E-state index in [4.69, 9.17) is 14.2 Å². The molecule has 1 N–H and O–H groups in total. The van der Waals surface area contributed by atoms with Gasteiger partial charge in [-0.3, -0.25) is 0 Å². The lowest BCUT2D eigenvalue weighted by atomic mass is 9.51. The van der Waals surface area contributed by atoms with Gasteiger partial charge in [0.25, 0.3) is 0 Å². The Kier molecular flexibility index (Phi) is 7.62. The first-order valence-corrected chi connectivity index (χ1v) is 12.7. The maximum atomic E-state index is 12.7. The molecule has 3 unspecified atom stereocenters. The van der Waals surface area contributed by atoms with Gasteiger partial charge in [-0.05, 0) is 62.3 Å². The minimum atomic E-state index is -0.523. The zero-order chi connectivity index (χ0) is 23.3. The van der Waals surface area contributed by atoms with E-state index < -0.39 is 6.10 Å². The minimum Gasteiger partial charge on any atom is -0.467 e. The lowest BCUT2D eigenvalue weighted by Crippen LogP contribution is -2.66. The normalized spacial score (nSPS) is 30.6. The van der Waals surface area contributed by atoms with Gasteiger partial charge < -0.3 is 19.5 Å². The highest BCUT2D eigenvalue weighted by atomic mass is 16.6. The van der Waals surface area contributed by atoms with Crippen molar-refractivity contribution in [2.24, 2.45) is 11.8 Å². The molecule has 4 aliphatic carbocycles. The second-order valence-corrected chi connectivity index (χ2v) is 10.6. The Balaban J connectivity index is 1.40. The highest BCUT2D eigenvalue weighted by molar-refractivity contribution is 5.74. The van der Waals surface area contributed by atoms with Crippen LogP contribution in [0.25, 0.3) is 0 Å². The number of hydrogen-bond donors (Lipinski definition) is 1. The first-order valence-electron chi connectivity index (χ1n) is 12.7. The van der Waals surface area contributed by atoms with Crippen LogP contribution in [0.5, 0.6) is 0 Å². The summed E-state index contributed by atoms with van der Waals surface area (Å²) in [5.41, 5.74) is 0.309. The standard InChI is InChI=1S/C27H39NO5/c1-3-4-5-9-12-23(24(29)31-2)33-27-16-21-13-22(17-27)15-26(14-21,19-27)28-25(30)32-18-20-10-7-6-8-11-20/h6-8,10-11,21-23H,3-5,9,12-19H2,1-2H3,(H,28,30). The molecule has 0 radical (unpaired) electrons. The van der Waals surface area contributed by atoms with Crippen LogP contribution in [0.15, 0.2) is 30.3 Å². The Bertz CT molecular complexity index is 796. The number of methoxy groups -OCH3 is 1. The summed E-state index contributed by atoms with van der Waals surface area (Å²) in [6.07, 6.45) is 10.0. The fourth-order valence-corrected chi connectivity index (χ4v) is 6.85. The molecule has 33 heavy (non-hydrogen) atoms. The van der Waals surface area contributed by atoms with Crippen LogP contribution in [0.4, 0.5) is 4.79 Å². The van der Waals surface area contributed by atoms with E-state index >= 15 is 0 Å². The maximum absolute atomic E-state index is 12.7. The maximum Gasteiger partial charge on any atom is 0.407 e. The Hall–Kier alpha value is -2.08. The van der Waals surface area contributed by atoms with Gasteiger partial charge in [-0.25, -0.2) is 9.59 Å². The summed E-state index contributed by atoms with van der Waals surface area (Å²) in [6, 6.07) is 9.74. The summed E-state index contributed by atoms with van der Waals surface area (Å²) in [4.78, 5) is 25.3. The molecule has 0 spiro atoms. The number of rotatable bonds is 11. The molecule has 4 saturated carbocycles. The van der Waals surface area contributed by atoms with Gasteiger partial charge in [0.1, 0.15) is 6.61 Å². The van der Waals surface area contributed by atoms with Gasteiger partial charge in [-0.1, -0.05) is 62.9 Å². The van der Waals surface area contributed by atoms with E-state index in [9.17, 15) is 9.59 Å². The fourth-order valence-electron chi connectivity index (χ4n) is 6.85. The van der Waals surface area contributed by atoms with E-state index in [1.54, 1.807) is 0 Å². The monoisotopic (exact) mass is 457 g/mol. The molecule has 4 fully saturated rings. The SMILES string of the molecule is CCCCCCC(OC12CC3CC(CC(NC(=O)OCc4ccccc4)(C3)C1)C2)C(=O)OC. The zero-order valence-electron chi connectivity index (χ0n) is 20.1. The molecule has 6 nitrogen and oxygen atoms in total. The third-order valence-corrected chi connectivity index (χ3v) is 7.76. The van der Waals surface area contributed by atoms with Crippen LogP contribution in [0, 0.1) is 11.8 Å². The van der Waals surface area contributed by atoms with E-state index in [2.05, 4.69) is 12.2 Å². The largest absolute Gasteiger partial charge is 0.467 e. The molecule has 4 aliphatic rings. The third kappa shape index (κ3) is 5.89. The van der Waals surface area contributed by atoms with Gasteiger partial charge in [0.15, 0.2) is 6.10 Å². The average Bonchev–Trinajstić information content (AvgIpc) is 2.78. The smallest absolute Gasteiger partial charge is 0.407 e. The average molecular weight is 458 g/mol. The fraction of sp³-hybridized carbons (Fsp3) is 0.704. The Labute approximate surface area is 197 Å². The van der Waals surface area contributed by atoms with Crippen molar-refractivity contribution < 1.29 is 23.8 Å². The molecule has 1 amide bonds. The van der Waals surface area contributed by atoms with Crippen molar-refractivity contribution >= 4 is 12.1 Å². The van der Waals surface area contributed by atoms with E-state index in [1.807, 2.05) is 30.3 Å². The van der Waals surface area contributed by atoms with E-state index in [0.717, 1.165) is 56.9 Å². The van der Waals surface area contributed by atoms with Gasteiger partial charge >= 0.3 is 12.1 Å². The van der Waals surface area contributed by atoms with Gasteiger partial charge in [-0.15, -0.1) is 0 Å². The van der Waals surface area contributed by atoms with Crippen molar-refractivity contribution in [3.8, 4) is 0 Å². The summed E-state index contributed by atoms with van der Waals surface area (Å²) >= 11 is 0. The molecule has 5 rings (SSSR count). The summed E-state index contributed by atoms with van der Waals surface area (Å²) in [6.45, 7) is 2.44. The van der Waals surface area contributed by atoms with Crippen molar-refractivity contribution in [1.29, 1.82) is 0 Å². The number of amides is 1. The molecule has 0 aliphatic heterocycles. The van der Waals surface area contributed by atoms with Crippen LogP contribution in [0.3, 0.4) is 0 Å². The van der Waals surface area contributed by atoms with Gasteiger partial charge in [0.2, 0.25) is 0 Å². The highest BCUT2D eigenvalue weighted by Gasteiger charge is 2.60. The number of carbonyl (C=O) groups is 2. The van der Waals surface area contributed by atoms with E-state index in [-0.39, 0.29) is 29.8 Å². The van der Waals surface area contributed by atoms with Crippen LogP contribution >= 0.6 is 0 Å². The molecule has 0 saturated heterocycles. The molecular weight excluding hydrogens is 418 g/mol. The number of hydrogen-bond acceptors (Lipinski definition) is 5. The number of unbranched alkanes of at least 4 members (excludes halogenated alkanes) is 3. The summed E-state index contributed by atoms with van der Waals surface area (Å²) in [5.74, 6) is 0.754. The van der Waals surface area contributed by atoms with Gasteiger partial charge in [0.05, 0.1) is 12.7 Å². The number of nitrogens with one attached hydrogen (secondary N) is 1. The van der Waals surface area contributed by atoms with E-state index in [0.29, 0.717) is 18.3 Å².